The van der Waals surface area contributed by atoms with E-state index in [0.29, 0.717) is 24.5 Å². The summed E-state index contributed by atoms with van der Waals surface area (Å²) in [7, 11) is 0. The van der Waals surface area contributed by atoms with Crippen molar-refractivity contribution in [2.45, 2.75) is 25.8 Å². The summed E-state index contributed by atoms with van der Waals surface area (Å²) in [6.45, 7) is 2.21. The highest BCUT2D eigenvalue weighted by Crippen LogP contribution is 2.28. The van der Waals surface area contributed by atoms with Crippen molar-refractivity contribution < 1.29 is 9.13 Å². The number of benzene rings is 1. The third kappa shape index (κ3) is 3.55. The normalized spacial score (nSPS) is 14.5. The number of hydrogen-bond donors (Lipinski definition) is 1. The zero-order valence-electron chi connectivity index (χ0n) is 11.7. The first-order chi connectivity index (χ1) is 10.2. The first kappa shape index (κ1) is 13.9. The van der Waals surface area contributed by atoms with Gasteiger partial charge in [-0.1, -0.05) is 0 Å². The van der Waals surface area contributed by atoms with E-state index in [2.05, 4.69) is 15.5 Å². The van der Waals surface area contributed by atoms with E-state index in [1.165, 1.54) is 18.9 Å². The van der Waals surface area contributed by atoms with E-state index in [1.54, 1.807) is 16.8 Å². The summed E-state index contributed by atoms with van der Waals surface area (Å²) < 4.78 is 20.5. The Hall–Kier alpha value is -2.02. The molecule has 0 saturated heterocycles. The minimum Gasteiger partial charge on any atom is -0.396 e. The zero-order chi connectivity index (χ0) is 14.7. The van der Waals surface area contributed by atoms with Crippen LogP contribution >= 0.6 is 0 Å². The van der Waals surface area contributed by atoms with E-state index in [-0.39, 0.29) is 5.69 Å². The molecule has 1 heterocycles. The first-order valence-electron chi connectivity index (χ1n) is 7.13. The summed E-state index contributed by atoms with van der Waals surface area (Å²) in [6.07, 6.45) is 3.42. The molecule has 0 radical (unpaired) electrons. The lowest BCUT2D eigenvalue weighted by Gasteiger charge is -2.06. The Kier molecular flexibility index (Phi) is 4.10. The highest BCUT2D eigenvalue weighted by atomic mass is 19.1. The van der Waals surface area contributed by atoms with E-state index in [9.17, 15) is 4.39 Å². The number of tetrazole rings is 1. The predicted molar refractivity (Wildman–Crippen MR) is 75.8 cm³/mol. The third-order valence-corrected chi connectivity index (χ3v) is 3.50. The predicted octanol–water partition coefficient (Wildman–Crippen LogP) is 1.88. The molecule has 1 aromatic heterocycles. The number of aromatic nitrogens is 4. The summed E-state index contributed by atoms with van der Waals surface area (Å²) in [6, 6.07) is 4.49. The minimum absolute atomic E-state index is 0.0924. The first-order valence-corrected chi connectivity index (χ1v) is 7.13. The molecule has 1 aromatic carbocycles. The van der Waals surface area contributed by atoms with Gasteiger partial charge in [-0.05, 0) is 53.8 Å². The molecule has 1 fully saturated rings. The van der Waals surface area contributed by atoms with Gasteiger partial charge in [0.05, 0.1) is 5.69 Å². The number of rotatable bonds is 7. The number of halogens is 1. The largest absolute Gasteiger partial charge is 0.396 e. The molecule has 0 aliphatic heterocycles. The standard InChI is InChI=1S/C14H18FN5O/c15-12-5-4-11(8-13(12)16)14-17-18-19-20(14)6-1-7-21-9-10-2-3-10/h4-5,8,10H,1-3,6-7,9,16H2. The highest BCUT2D eigenvalue weighted by Gasteiger charge is 2.20. The average molecular weight is 291 g/mol. The number of ether oxygens (including phenoxy) is 1. The topological polar surface area (TPSA) is 78.9 Å². The summed E-state index contributed by atoms with van der Waals surface area (Å²) in [4.78, 5) is 0. The Labute approximate surface area is 122 Å². The molecule has 0 unspecified atom stereocenters. The molecule has 0 atom stereocenters. The smallest absolute Gasteiger partial charge is 0.182 e. The molecule has 0 spiro atoms. The van der Waals surface area contributed by atoms with Gasteiger partial charge in [0.1, 0.15) is 5.82 Å². The number of nitrogen functional groups attached to an aromatic ring is 1. The Morgan fingerprint density at radius 1 is 1.38 bits per heavy atom. The van der Waals surface area contributed by atoms with Crippen LogP contribution < -0.4 is 5.73 Å². The maximum atomic E-state index is 13.2. The molecule has 6 nitrogen and oxygen atoms in total. The van der Waals surface area contributed by atoms with Crippen LogP contribution in [0.1, 0.15) is 19.3 Å². The molecule has 2 aromatic rings. The van der Waals surface area contributed by atoms with E-state index >= 15 is 0 Å². The van der Waals surface area contributed by atoms with Crippen LogP contribution in [0.15, 0.2) is 18.2 Å². The number of anilines is 1. The van der Waals surface area contributed by atoms with Crippen LogP contribution in [0.2, 0.25) is 0 Å². The van der Waals surface area contributed by atoms with Crippen molar-refractivity contribution in [3.8, 4) is 11.4 Å². The molecule has 0 amide bonds. The number of hydrogen-bond acceptors (Lipinski definition) is 5. The van der Waals surface area contributed by atoms with E-state index < -0.39 is 5.82 Å². The van der Waals surface area contributed by atoms with Gasteiger partial charge in [0.25, 0.3) is 0 Å². The van der Waals surface area contributed by atoms with Gasteiger partial charge >= 0.3 is 0 Å². The Morgan fingerprint density at radius 2 is 2.24 bits per heavy atom. The van der Waals surface area contributed by atoms with Crippen molar-refractivity contribution in [1.29, 1.82) is 0 Å². The molecule has 21 heavy (non-hydrogen) atoms. The van der Waals surface area contributed by atoms with Crippen LogP contribution in [0.3, 0.4) is 0 Å². The lowest BCUT2D eigenvalue weighted by molar-refractivity contribution is 0.118. The summed E-state index contributed by atoms with van der Waals surface area (Å²) in [5, 5.41) is 11.6. The fourth-order valence-electron chi connectivity index (χ4n) is 2.10. The lowest BCUT2D eigenvalue weighted by Crippen LogP contribution is -2.07. The van der Waals surface area contributed by atoms with Crippen LogP contribution in [0.5, 0.6) is 0 Å². The van der Waals surface area contributed by atoms with E-state index in [4.69, 9.17) is 10.5 Å². The van der Waals surface area contributed by atoms with Crippen molar-refractivity contribution in [2.75, 3.05) is 18.9 Å². The Balaban J connectivity index is 1.58. The molecule has 2 N–H and O–H groups in total. The second-order valence-corrected chi connectivity index (χ2v) is 5.33. The van der Waals surface area contributed by atoms with Gasteiger partial charge < -0.3 is 10.5 Å². The molecule has 1 saturated carbocycles. The minimum atomic E-state index is -0.439. The molecule has 112 valence electrons. The van der Waals surface area contributed by atoms with Crippen molar-refractivity contribution in [2.24, 2.45) is 5.92 Å². The van der Waals surface area contributed by atoms with Gasteiger partial charge in [-0.25, -0.2) is 9.07 Å². The third-order valence-electron chi connectivity index (χ3n) is 3.50. The summed E-state index contributed by atoms with van der Waals surface area (Å²) in [5.74, 6) is 0.922. The van der Waals surface area contributed by atoms with Gasteiger partial charge in [-0.15, -0.1) is 5.10 Å². The molecular weight excluding hydrogens is 273 g/mol. The fourth-order valence-corrected chi connectivity index (χ4v) is 2.10. The Bertz CT molecular complexity index is 611. The van der Waals surface area contributed by atoms with Crippen LogP contribution in [0, 0.1) is 11.7 Å². The average Bonchev–Trinajstić information content (AvgIpc) is 3.18. The van der Waals surface area contributed by atoms with Gasteiger partial charge in [0.15, 0.2) is 5.82 Å². The van der Waals surface area contributed by atoms with Gasteiger partial charge in [0.2, 0.25) is 0 Å². The maximum Gasteiger partial charge on any atom is 0.182 e. The number of nitrogens with zero attached hydrogens (tertiary/aromatic N) is 4. The van der Waals surface area contributed by atoms with Crippen LogP contribution in [0.4, 0.5) is 10.1 Å². The second-order valence-electron chi connectivity index (χ2n) is 5.33. The summed E-state index contributed by atoms with van der Waals surface area (Å²) >= 11 is 0. The van der Waals surface area contributed by atoms with Crippen molar-refractivity contribution in [1.82, 2.24) is 20.2 Å². The lowest BCUT2D eigenvalue weighted by atomic mass is 10.2. The van der Waals surface area contributed by atoms with Gasteiger partial charge in [-0.2, -0.15) is 0 Å². The van der Waals surface area contributed by atoms with Crippen LogP contribution in [0.25, 0.3) is 11.4 Å². The summed E-state index contributed by atoms with van der Waals surface area (Å²) in [5.41, 5.74) is 6.38. The highest BCUT2D eigenvalue weighted by molar-refractivity contribution is 5.61. The molecule has 7 heteroatoms. The molecule has 0 bridgehead atoms. The van der Waals surface area contributed by atoms with E-state index in [1.807, 2.05) is 0 Å². The van der Waals surface area contributed by atoms with Crippen molar-refractivity contribution >= 4 is 5.69 Å². The van der Waals surface area contributed by atoms with Crippen molar-refractivity contribution in [3.05, 3.63) is 24.0 Å². The monoisotopic (exact) mass is 291 g/mol. The van der Waals surface area contributed by atoms with Crippen LogP contribution in [-0.2, 0) is 11.3 Å². The van der Waals surface area contributed by atoms with Crippen molar-refractivity contribution in [3.63, 3.8) is 0 Å². The maximum absolute atomic E-state index is 13.2. The molecule has 3 rings (SSSR count). The molecule has 1 aliphatic carbocycles. The Morgan fingerprint density at radius 3 is 3.00 bits per heavy atom. The fraction of sp³-hybridized carbons (Fsp3) is 0.500. The molecular formula is C14H18FN5O. The van der Waals surface area contributed by atoms with Gasteiger partial charge in [-0.3, -0.25) is 0 Å². The van der Waals surface area contributed by atoms with E-state index in [0.717, 1.165) is 18.9 Å². The number of nitrogens with two attached hydrogens (primary N) is 1. The quantitative estimate of drug-likeness (QED) is 0.622. The molecule has 1 aliphatic rings. The number of aryl methyl sites for hydroxylation is 1. The zero-order valence-corrected chi connectivity index (χ0v) is 11.7. The SMILES string of the molecule is Nc1cc(-c2nnnn2CCCOCC2CC2)ccc1F. The van der Waals surface area contributed by atoms with Gasteiger partial charge in [0, 0.05) is 25.3 Å². The second kappa shape index (κ2) is 6.17. The van der Waals surface area contributed by atoms with Crippen LogP contribution in [-0.4, -0.2) is 33.4 Å².